The Morgan fingerprint density at radius 1 is 1.14 bits per heavy atom. The first-order valence-electron chi connectivity index (χ1n) is 11.1. The molecule has 5 aliphatic rings. The van der Waals surface area contributed by atoms with Crippen molar-refractivity contribution in [1.29, 1.82) is 0 Å². The molecule has 1 aromatic carbocycles. The van der Waals surface area contributed by atoms with Gasteiger partial charge in [0.25, 0.3) is 0 Å². The first-order valence-corrected chi connectivity index (χ1v) is 11.1. The van der Waals surface area contributed by atoms with Crippen LogP contribution in [0.3, 0.4) is 0 Å². The van der Waals surface area contributed by atoms with Crippen molar-refractivity contribution in [3.8, 4) is 0 Å². The largest absolute Gasteiger partial charge is 0.391 e. The molecule has 1 aromatic rings. The summed E-state index contributed by atoms with van der Waals surface area (Å²) >= 11 is 0. The van der Waals surface area contributed by atoms with Crippen molar-refractivity contribution in [1.82, 2.24) is 10.6 Å². The highest BCUT2D eigenvalue weighted by molar-refractivity contribution is 5.83. The lowest BCUT2D eigenvalue weighted by molar-refractivity contribution is -0.149. The van der Waals surface area contributed by atoms with E-state index >= 15 is 0 Å². The molecule has 0 spiro atoms. The molecule has 1 saturated heterocycles. The lowest BCUT2D eigenvalue weighted by Crippen LogP contribution is -2.59. The second-order valence-corrected chi connectivity index (χ2v) is 10.5. The normalized spacial score (nSPS) is 41.4. The van der Waals surface area contributed by atoms with E-state index in [1.54, 1.807) is 0 Å². The van der Waals surface area contributed by atoms with Crippen molar-refractivity contribution < 1.29 is 9.90 Å². The number of β-amino-alcohol motifs (C(OH)–C–C–N with tert-alkyl or cyclic N) is 1. The lowest BCUT2D eigenvalue weighted by atomic mass is 9.42. The van der Waals surface area contributed by atoms with Gasteiger partial charge >= 0.3 is 0 Å². The molecule has 6 rings (SSSR count). The van der Waals surface area contributed by atoms with E-state index < -0.39 is 0 Å². The molecule has 4 atom stereocenters. The number of carbonyl (C=O) groups is 1. The van der Waals surface area contributed by atoms with Gasteiger partial charge in [-0.3, -0.25) is 4.79 Å². The van der Waals surface area contributed by atoms with E-state index in [1.807, 2.05) is 0 Å². The van der Waals surface area contributed by atoms with Crippen LogP contribution in [-0.4, -0.2) is 36.8 Å². The summed E-state index contributed by atoms with van der Waals surface area (Å²) < 4.78 is 0. The number of aliphatic hydroxyl groups excluding tert-OH is 1. The van der Waals surface area contributed by atoms with Gasteiger partial charge in [0.2, 0.25) is 5.91 Å². The second kappa shape index (κ2) is 6.56. The number of amides is 1. The Bertz CT molecular complexity index is 775. The topological polar surface area (TPSA) is 61.4 Å². The molecule has 1 heterocycles. The predicted molar refractivity (Wildman–Crippen MR) is 110 cm³/mol. The van der Waals surface area contributed by atoms with Crippen LogP contribution in [0.2, 0.25) is 0 Å². The first kappa shape index (κ1) is 18.6. The number of aryl methyl sites for hydroxylation is 2. The summed E-state index contributed by atoms with van der Waals surface area (Å²) in [6.45, 7) is 6.43. The summed E-state index contributed by atoms with van der Waals surface area (Å²) in [6, 6.07) is 7.00. The van der Waals surface area contributed by atoms with Gasteiger partial charge in [0.1, 0.15) is 0 Å². The van der Waals surface area contributed by atoms with Crippen LogP contribution < -0.4 is 10.6 Å². The van der Waals surface area contributed by atoms with E-state index in [4.69, 9.17) is 0 Å². The molecule has 4 aliphatic carbocycles. The van der Waals surface area contributed by atoms with Gasteiger partial charge in [0.15, 0.2) is 0 Å². The summed E-state index contributed by atoms with van der Waals surface area (Å²) in [5.74, 6) is 1.78. The summed E-state index contributed by atoms with van der Waals surface area (Å²) in [6.07, 6.45) is 6.62. The Morgan fingerprint density at radius 2 is 1.89 bits per heavy atom. The Kier molecular flexibility index (Phi) is 4.37. The average Bonchev–Trinajstić information content (AvgIpc) is 3.05. The van der Waals surface area contributed by atoms with Gasteiger partial charge in [-0.25, -0.2) is 0 Å². The lowest BCUT2D eigenvalue weighted by Gasteiger charge is -2.61. The maximum Gasteiger partial charge on any atom is 0.226 e. The Morgan fingerprint density at radius 3 is 2.54 bits per heavy atom. The van der Waals surface area contributed by atoms with Crippen molar-refractivity contribution >= 4 is 5.91 Å². The van der Waals surface area contributed by atoms with Crippen LogP contribution in [0.4, 0.5) is 0 Å². The molecule has 3 N–H and O–H groups in total. The fourth-order valence-corrected chi connectivity index (χ4v) is 7.28. The van der Waals surface area contributed by atoms with E-state index in [1.165, 1.54) is 36.0 Å². The number of rotatable bonds is 4. The molecule has 4 saturated carbocycles. The summed E-state index contributed by atoms with van der Waals surface area (Å²) in [5.41, 5.74) is 4.19. The zero-order valence-electron chi connectivity index (χ0n) is 17.3. The van der Waals surface area contributed by atoms with Gasteiger partial charge in [-0.05, 0) is 86.3 Å². The van der Waals surface area contributed by atoms with E-state index in [2.05, 4.69) is 42.7 Å². The minimum atomic E-state index is -0.335. The molecule has 28 heavy (non-hydrogen) atoms. The number of hydrogen-bond acceptors (Lipinski definition) is 3. The monoisotopic (exact) mass is 382 g/mol. The van der Waals surface area contributed by atoms with Crippen molar-refractivity contribution in [2.24, 2.45) is 23.2 Å². The molecule has 0 aromatic heterocycles. The average molecular weight is 383 g/mol. The third-order valence-electron chi connectivity index (χ3n) is 8.49. The van der Waals surface area contributed by atoms with E-state index in [0.29, 0.717) is 24.9 Å². The zero-order valence-corrected chi connectivity index (χ0v) is 17.3. The Labute approximate surface area is 168 Å². The molecule has 4 bridgehead atoms. The SMILES string of the molecule is Cc1ccc(C23CC4CC(CC(C(=O)NCC5CNCC5O)(C4)C2)C3)cc1C. The van der Waals surface area contributed by atoms with Crippen LogP contribution in [0.15, 0.2) is 18.2 Å². The predicted octanol–water partition coefficient (Wildman–Crippen LogP) is 2.84. The van der Waals surface area contributed by atoms with Crippen molar-refractivity contribution in [3.63, 3.8) is 0 Å². The van der Waals surface area contributed by atoms with Gasteiger partial charge in [0, 0.05) is 25.6 Å². The zero-order chi connectivity index (χ0) is 19.5. The highest BCUT2D eigenvalue weighted by Crippen LogP contribution is 2.65. The van der Waals surface area contributed by atoms with Crippen molar-refractivity contribution in [2.45, 2.75) is 63.9 Å². The van der Waals surface area contributed by atoms with Gasteiger partial charge in [-0.15, -0.1) is 0 Å². The maximum absolute atomic E-state index is 13.4. The molecule has 5 fully saturated rings. The van der Waals surface area contributed by atoms with Crippen molar-refractivity contribution in [3.05, 3.63) is 34.9 Å². The molecule has 4 nitrogen and oxygen atoms in total. The van der Waals surface area contributed by atoms with Gasteiger partial charge < -0.3 is 15.7 Å². The number of aliphatic hydroxyl groups is 1. The number of benzene rings is 1. The highest BCUT2D eigenvalue weighted by atomic mass is 16.3. The molecular weight excluding hydrogens is 348 g/mol. The Balaban J connectivity index is 1.39. The fourth-order valence-electron chi connectivity index (χ4n) is 7.28. The van der Waals surface area contributed by atoms with Gasteiger partial charge in [-0.1, -0.05) is 18.2 Å². The highest BCUT2D eigenvalue weighted by Gasteiger charge is 2.60. The quantitative estimate of drug-likeness (QED) is 0.750. The van der Waals surface area contributed by atoms with Crippen LogP contribution in [-0.2, 0) is 10.2 Å². The minimum Gasteiger partial charge on any atom is -0.391 e. The van der Waals surface area contributed by atoms with E-state index in [-0.39, 0.29) is 28.8 Å². The van der Waals surface area contributed by atoms with Gasteiger partial charge in [-0.2, -0.15) is 0 Å². The third kappa shape index (κ3) is 2.91. The van der Waals surface area contributed by atoms with Crippen LogP contribution in [0, 0.1) is 37.0 Å². The summed E-state index contributed by atoms with van der Waals surface area (Å²) in [5, 5.41) is 16.5. The van der Waals surface area contributed by atoms with Crippen molar-refractivity contribution in [2.75, 3.05) is 19.6 Å². The van der Waals surface area contributed by atoms with E-state index in [0.717, 1.165) is 25.8 Å². The standard InChI is InChI=1S/C24H34N2O2/c1-15-3-4-20(5-16(15)2)23-7-17-6-18(8-23)10-24(9-17,14-23)22(28)26-12-19-11-25-13-21(19)27/h3-5,17-19,21,25,27H,6-14H2,1-2H3,(H,26,28). The number of nitrogens with one attached hydrogen (secondary N) is 2. The summed E-state index contributed by atoms with van der Waals surface area (Å²) in [7, 11) is 0. The van der Waals surface area contributed by atoms with E-state index in [9.17, 15) is 9.90 Å². The van der Waals surface area contributed by atoms with Crippen LogP contribution in [0.1, 0.15) is 55.2 Å². The van der Waals surface area contributed by atoms with Crippen LogP contribution >= 0.6 is 0 Å². The molecule has 4 heteroatoms. The molecular formula is C24H34N2O2. The Hall–Kier alpha value is -1.39. The number of carbonyl (C=O) groups excluding carboxylic acids is 1. The third-order valence-corrected chi connectivity index (χ3v) is 8.49. The molecule has 1 aliphatic heterocycles. The number of hydrogen-bond donors (Lipinski definition) is 3. The second-order valence-electron chi connectivity index (χ2n) is 10.5. The van der Waals surface area contributed by atoms with Crippen LogP contribution in [0.25, 0.3) is 0 Å². The smallest absolute Gasteiger partial charge is 0.226 e. The first-order chi connectivity index (χ1) is 13.4. The molecule has 1 amide bonds. The summed E-state index contributed by atoms with van der Waals surface area (Å²) in [4.78, 5) is 13.4. The maximum atomic E-state index is 13.4. The molecule has 152 valence electrons. The van der Waals surface area contributed by atoms with Crippen LogP contribution in [0.5, 0.6) is 0 Å². The van der Waals surface area contributed by atoms with Gasteiger partial charge in [0.05, 0.1) is 11.5 Å². The molecule has 0 radical (unpaired) electrons. The fraction of sp³-hybridized carbons (Fsp3) is 0.708. The molecule has 4 unspecified atom stereocenters. The minimum absolute atomic E-state index is 0.145.